The van der Waals surface area contributed by atoms with E-state index in [0.29, 0.717) is 17.8 Å². The molecule has 1 aromatic rings. The largest absolute Gasteiger partial charge is 0.355 e. The molecule has 1 unspecified atom stereocenters. The molecule has 0 fully saturated rings. The van der Waals surface area contributed by atoms with Crippen molar-refractivity contribution in [2.75, 3.05) is 11.9 Å². The van der Waals surface area contributed by atoms with Crippen LogP contribution in [0.4, 0.5) is 5.82 Å². The van der Waals surface area contributed by atoms with E-state index in [9.17, 15) is 0 Å². The summed E-state index contributed by atoms with van der Waals surface area (Å²) in [6, 6.07) is 7.69. The molecule has 0 aliphatic heterocycles. The van der Waals surface area contributed by atoms with E-state index in [-0.39, 0.29) is 6.04 Å². The summed E-state index contributed by atoms with van der Waals surface area (Å²) in [4.78, 5) is 6.00. The first-order chi connectivity index (χ1) is 7.20. The second-order valence-electron chi connectivity index (χ2n) is 3.31. The van der Waals surface area contributed by atoms with Gasteiger partial charge in [-0.25, -0.2) is 4.98 Å². The van der Waals surface area contributed by atoms with Crippen molar-refractivity contribution in [1.82, 2.24) is 4.98 Å². The highest BCUT2D eigenvalue weighted by molar-refractivity contribution is 5.53. The third-order valence-electron chi connectivity index (χ3n) is 2.29. The second kappa shape index (κ2) is 4.97. The van der Waals surface area contributed by atoms with Gasteiger partial charge >= 0.3 is 0 Å². The van der Waals surface area contributed by atoms with E-state index >= 15 is 0 Å². The molecule has 1 rings (SSSR count). The van der Waals surface area contributed by atoms with E-state index in [0.717, 1.165) is 0 Å². The average molecular weight is 200 g/mol. The van der Waals surface area contributed by atoms with Gasteiger partial charge in [-0.05, 0) is 19.1 Å². The molecule has 76 valence electrons. The van der Waals surface area contributed by atoms with Crippen LogP contribution in [0.3, 0.4) is 0 Å². The summed E-state index contributed by atoms with van der Waals surface area (Å²) < 4.78 is 0. The molecule has 0 spiro atoms. The van der Waals surface area contributed by atoms with Gasteiger partial charge in [-0.15, -0.1) is 0 Å². The topological polar surface area (TPSA) is 63.7 Å². The van der Waals surface area contributed by atoms with E-state index in [1.165, 1.54) is 0 Å². The molecule has 1 aromatic heterocycles. The Morgan fingerprint density at radius 1 is 1.53 bits per heavy atom. The molecule has 0 saturated heterocycles. The highest BCUT2D eigenvalue weighted by Crippen LogP contribution is 2.17. The fourth-order valence-electron chi connectivity index (χ4n) is 1.24. The summed E-state index contributed by atoms with van der Waals surface area (Å²) in [5.74, 6) is 0.628. The molecule has 1 atom stereocenters. The normalized spacial score (nSPS) is 11.2. The number of nitriles is 2. The zero-order valence-electron chi connectivity index (χ0n) is 8.81. The molecule has 0 aliphatic carbocycles. The number of hydrogen-bond donors (Lipinski definition) is 0. The molecule has 0 saturated carbocycles. The minimum Gasteiger partial charge on any atom is -0.355 e. The number of rotatable bonds is 3. The minimum absolute atomic E-state index is 0.0528. The molecular weight excluding hydrogens is 188 g/mol. The van der Waals surface area contributed by atoms with Crippen molar-refractivity contribution in [2.24, 2.45) is 0 Å². The Labute approximate surface area is 89.4 Å². The Balaban J connectivity index is 2.97. The van der Waals surface area contributed by atoms with Crippen LogP contribution in [0.2, 0.25) is 0 Å². The van der Waals surface area contributed by atoms with E-state index in [1.54, 1.807) is 18.3 Å². The van der Waals surface area contributed by atoms with Gasteiger partial charge in [-0.1, -0.05) is 0 Å². The van der Waals surface area contributed by atoms with Gasteiger partial charge in [0.05, 0.1) is 18.1 Å². The molecule has 15 heavy (non-hydrogen) atoms. The first kappa shape index (κ1) is 11.0. The van der Waals surface area contributed by atoms with Crippen molar-refractivity contribution in [3.63, 3.8) is 0 Å². The highest BCUT2D eigenvalue weighted by Gasteiger charge is 2.13. The summed E-state index contributed by atoms with van der Waals surface area (Å²) in [5, 5.41) is 17.5. The smallest absolute Gasteiger partial charge is 0.146 e. The number of anilines is 1. The average Bonchev–Trinajstić information content (AvgIpc) is 2.28. The van der Waals surface area contributed by atoms with Crippen molar-refractivity contribution >= 4 is 5.82 Å². The first-order valence-electron chi connectivity index (χ1n) is 4.65. The van der Waals surface area contributed by atoms with Crippen LogP contribution in [0.1, 0.15) is 18.9 Å². The Hall–Kier alpha value is -2.07. The van der Waals surface area contributed by atoms with Gasteiger partial charge in [-0.2, -0.15) is 10.5 Å². The quantitative estimate of drug-likeness (QED) is 0.744. The van der Waals surface area contributed by atoms with Crippen LogP contribution in [0.15, 0.2) is 18.3 Å². The molecule has 0 amide bonds. The van der Waals surface area contributed by atoms with Crippen LogP contribution in [-0.2, 0) is 0 Å². The molecule has 0 bridgehead atoms. The monoisotopic (exact) mass is 200 g/mol. The lowest BCUT2D eigenvalue weighted by Crippen LogP contribution is -2.29. The number of aromatic nitrogens is 1. The fraction of sp³-hybridized carbons (Fsp3) is 0.364. The predicted octanol–water partition coefficient (Wildman–Crippen LogP) is 1.69. The Morgan fingerprint density at radius 3 is 2.87 bits per heavy atom. The van der Waals surface area contributed by atoms with Crippen molar-refractivity contribution in [2.45, 2.75) is 19.4 Å². The molecule has 1 heterocycles. The number of hydrogen-bond acceptors (Lipinski definition) is 4. The molecule has 0 aromatic carbocycles. The Morgan fingerprint density at radius 2 is 2.27 bits per heavy atom. The van der Waals surface area contributed by atoms with Crippen molar-refractivity contribution in [3.05, 3.63) is 23.9 Å². The number of pyridine rings is 1. The SMILES string of the molecule is CC(CC#N)N(C)c1ncccc1C#N. The summed E-state index contributed by atoms with van der Waals surface area (Å²) in [6.45, 7) is 1.93. The van der Waals surface area contributed by atoms with Crippen LogP contribution in [0, 0.1) is 22.7 Å². The molecule has 0 aliphatic rings. The van der Waals surface area contributed by atoms with Crippen LogP contribution in [0.25, 0.3) is 0 Å². The van der Waals surface area contributed by atoms with Crippen LogP contribution < -0.4 is 4.90 Å². The molecule has 4 nitrogen and oxygen atoms in total. The highest BCUT2D eigenvalue weighted by atomic mass is 15.2. The Kier molecular flexibility index (Phi) is 3.65. The summed E-state index contributed by atoms with van der Waals surface area (Å²) in [5.41, 5.74) is 0.532. The lowest BCUT2D eigenvalue weighted by Gasteiger charge is -2.24. The molecule has 0 radical (unpaired) electrons. The van der Waals surface area contributed by atoms with E-state index in [1.807, 2.05) is 18.9 Å². The van der Waals surface area contributed by atoms with Crippen LogP contribution in [0.5, 0.6) is 0 Å². The third kappa shape index (κ3) is 2.45. The van der Waals surface area contributed by atoms with Crippen molar-refractivity contribution in [3.8, 4) is 12.1 Å². The summed E-state index contributed by atoms with van der Waals surface area (Å²) in [7, 11) is 1.84. The lowest BCUT2D eigenvalue weighted by molar-refractivity contribution is 0.693. The zero-order valence-corrected chi connectivity index (χ0v) is 8.81. The molecule has 0 N–H and O–H groups in total. The fourth-order valence-corrected chi connectivity index (χ4v) is 1.24. The van der Waals surface area contributed by atoms with Crippen molar-refractivity contribution < 1.29 is 0 Å². The molecular formula is C11H12N4. The second-order valence-corrected chi connectivity index (χ2v) is 3.31. The number of nitrogens with zero attached hydrogens (tertiary/aromatic N) is 4. The first-order valence-corrected chi connectivity index (χ1v) is 4.65. The third-order valence-corrected chi connectivity index (χ3v) is 2.29. The van der Waals surface area contributed by atoms with Gasteiger partial charge in [0.25, 0.3) is 0 Å². The zero-order chi connectivity index (χ0) is 11.3. The van der Waals surface area contributed by atoms with Gasteiger partial charge in [0.15, 0.2) is 0 Å². The minimum atomic E-state index is 0.0528. The van der Waals surface area contributed by atoms with Gasteiger partial charge in [-0.3, -0.25) is 0 Å². The van der Waals surface area contributed by atoms with Gasteiger partial charge in [0.2, 0.25) is 0 Å². The van der Waals surface area contributed by atoms with E-state index in [4.69, 9.17) is 10.5 Å². The molecule has 4 heteroatoms. The van der Waals surface area contributed by atoms with Gasteiger partial charge in [0, 0.05) is 19.3 Å². The lowest BCUT2D eigenvalue weighted by atomic mass is 10.2. The van der Waals surface area contributed by atoms with E-state index < -0.39 is 0 Å². The van der Waals surface area contributed by atoms with Gasteiger partial charge in [0.1, 0.15) is 11.9 Å². The van der Waals surface area contributed by atoms with Gasteiger partial charge < -0.3 is 4.90 Å². The maximum atomic E-state index is 8.90. The summed E-state index contributed by atoms with van der Waals surface area (Å²) >= 11 is 0. The maximum absolute atomic E-state index is 8.90. The predicted molar refractivity (Wildman–Crippen MR) is 57.0 cm³/mol. The van der Waals surface area contributed by atoms with Crippen LogP contribution >= 0.6 is 0 Å². The van der Waals surface area contributed by atoms with Crippen LogP contribution in [-0.4, -0.2) is 18.1 Å². The Bertz CT molecular complexity index is 413. The summed E-state index contributed by atoms with van der Waals surface area (Å²) in [6.07, 6.45) is 2.06. The standard InChI is InChI=1S/C11H12N4/c1-9(5-6-12)15(2)11-10(8-13)4-3-7-14-11/h3-4,7,9H,5H2,1-2H3. The van der Waals surface area contributed by atoms with Crippen molar-refractivity contribution in [1.29, 1.82) is 10.5 Å². The maximum Gasteiger partial charge on any atom is 0.146 e. The van der Waals surface area contributed by atoms with E-state index in [2.05, 4.69) is 17.1 Å².